The Bertz CT molecular complexity index is 734. The molecule has 2 aromatic rings. The molecular formula is C19H24N4O2. The fraction of sp³-hybridized carbons (Fsp3) is 0.421. The largest absolute Gasteiger partial charge is 0.349 e. The van der Waals surface area contributed by atoms with Crippen molar-refractivity contribution in [1.29, 1.82) is 0 Å². The third kappa shape index (κ3) is 4.68. The van der Waals surface area contributed by atoms with E-state index in [9.17, 15) is 9.59 Å². The van der Waals surface area contributed by atoms with Crippen molar-refractivity contribution >= 4 is 17.5 Å². The molecule has 0 aliphatic heterocycles. The Kier molecular flexibility index (Phi) is 5.48. The number of hydrogen-bond donors (Lipinski definition) is 2. The van der Waals surface area contributed by atoms with Crippen molar-refractivity contribution in [2.75, 3.05) is 5.32 Å². The van der Waals surface area contributed by atoms with E-state index in [1.54, 1.807) is 35.3 Å². The molecule has 0 bridgehead atoms. The number of carbonyl (C=O) groups excluding carboxylic acids is 2. The van der Waals surface area contributed by atoms with Crippen LogP contribution in [0.2, 0.25) is 0 Å². The lowest BCUT2D eigenvalue weighted by atomic mass is 9.95. The average Bonchev–Trinajstić information content (AvgIpc) is 3.10. The van der Waals surface area contributed by atoms with Crippen molar-refractivity contribution in [2.24, 2.45) is 0 Å². The van der Waals surface area contributed by atoms with Crippen LogP contribution in [0.5, 0.6) is 0 Å². The van der Waals surface area contributed by atoms with Crippen LogP contribution in [0, 0.1) is 6.92 Å². The second-order valence-electron chi connectivity index (χ2n) is 6.59. The Balaban J connectivity index is 1.59. The summed E-state index contributed by atoms with van der Waals surface area (Å²) < 4.78 is 1.57. The fourth-order valence-electron chi connectivity index (χ4n) is 3.19. The minimum absolute atomic E-state index is 0.0376. The Hall–Kier alpha value is -2.63. The van der Waals surface area contributed by atoms with Crippen LogP contribution < -0.4 is 10.6 Å². The molecule has 0 saturated heterocycles. The van der Waals surface area contributed by atoms with Gasteiger partial charge in [0.2, 0.25) is 5.91 Å². The number of anilines is 1. The van der Waals surface area contributed by atoms with E-state index in [-0.39, 0.29) is 24.4 Å². The molecule has 0 atom stereocenters. The first-order valence-corrected chi connectivity index (χ1v) is 8.80. The summed E-state index contributed by atoms with van der Waals surface area (Å²) in [6, 6.07) is 7.43. The molecule has 2 N–H and O–H groups in total. The van der Waals surface area contributed by atoms with E-state index < -0.39 is 0 Å². The Morgan fingerprint density at radius 1 is 1.24 bits per heavy atom. The topological polar surface area (TPSA) is 76.0 Å². The third-order valence-electron chi connectivity index (χ3n) is 4.57. The quantitative estimate of drug-likeness (QED) is 0.879. The van der Waals surface area contributed by atoms with E-state index in [1.165, 1.54) is 19.3 Å². The van der Waals surface area contributed by atoms with Crippen LogP contribution in [0.15, 0.2) is 36.7 Å². The summed E-state index contributed by atoms with van der Waals surface area (Å²) in [6.07, 6.45) is 9.14. The second kappa shape index (κ2) is 7.96. The highest BCUT2D eigenvalue weighted by Gasteiger charge is 2.17. The molecule has 1 aliphatic carbocycles. The lowest BCUT2D eigenvalue weighted by Crippen LogP contribution is -2.36. The number of rotatable bonds is 5. The van der Waals surface area contributed by atoms with Crippen molar-refractivity contribution in [3.8, 4) is 0 Å². The van der Waals surface area contributed by atoms with Crippen LogP contribution >= 0.6 is 0 Å². The zero-order chi connectivity index (χ0) is 17.6. The average molecular weight is 340 g/mol. The lowest BCUT2D eigenvalue weighted by molar-refractivity contribution is -0.116. The molecule has 1 aliphatic rings. The summed E-state index contributed by atoms with van der Waals surface area (Å²) in [5, 5.41) is 9.99. The van der Waals surface area contributed by atoms with Gasteiger partial charge < -0.3 is 10.6 Å². The van der Waals surface area contributed by atoms with Gasteiger partial charge in [-0.2, -0.15) is 5.10 Å². The van der Waals surface area contributed by atoms with Crippen LogP contribution in [0.4, 0.5) is 5.69 Å². The predicted octanol–water partition coefficient (Wildman–Crippen LogP) is 2.89. The molecule has 6 nitrogen and oxygen atoms in total. The van der Waals surface area contributed by atoms with Gasteiger partial charge in [-0.25, -0.2) is 0 Å². The van der Waals surface area contributed by atoms with Crippen LogP contribution in [-0.4, -0.2) is 27.6 Å². The predicted molar refractivity (Wildman–Crippen MR) is 96.4 cm³/mol. The fourth-order valence-corrected chi connectivity index (χ4v) is 3.19. The van der Waals surface area contributed by atoms with Crippen molar-refractivity contribution in [3.05, 3.63) is 47.8 Å². The monoisotopic (exact) mass is 340 g/mol. The maximum Gasteiger partial charge on any atom is 0.251 e. The number of aryl methyl sites for hydroxylation is 1. The van der Waals surface area contributed by atoms with E-state index in [0.717, 1.165) is 18.4 Å². The summed E-state index contributed by atoms with van der Waals surface area (Å²) in [4.78, 5) is 24.5. The molecule has 0 unspecified atom stereocenters. The van der Waals surface area contributed by atoms with Crippen LogP contribution in [0.25, 0.3) is 0 Å². The summed E-state index contributed by atoms with van der Waals surface area (Å²) in [7, 11) is 0. The van der Waals surface area contributed by atoms with E-state index in [4.69, 9.17) is 0 Å². The molecule has 0 spiro atoms. The standard InChI is InChI=1S/C19H24N4O2/c1-14-12-15(19(25)21-16-6-3-2-4-7-16)8-9-17(14)22-18(24)13-23-11-5-10-20-23/h5,8-12,16H,2-4,6-7,13H2,1H3,(H,21,25)(H,22,24). The maximum absolute atomic E-state index is 12.4. The van der Waals surface area contributed by atoms with Gasteiger partial charge in [0.15, 0.2) is 0 Å². The summed E-state index contributed by atoms with van der Waals surface area (Å²) in [6.45, 7) is 2.05. The Labute approximate surface area is 147 Å². The van der Waals surface area contributed by atoms with Gasteiger partial charge in [0.05, 0.1) is 0 Å². The molecule has 0 radical (unpaired) electrons. The zero-order valence-corrected chi connectivity index (χ0v) is 14.5. The number of amides is 2. The van der Waals surface area contributed by atoms with Gasteiger partial charge in [-0.3, -0.25) is 14.3 Å². The van der Waals surface area contributed by atoms with E-state index in [1.807, 2.05) is 13.0 Å². The summed E-state index contributed by atoms with van der Waals surface area (Å²) in [5.74, 6) is -0.185. The number of nitrogens with one attached hydrogen (secondary N) is 2. The molecule has 3 rings (SSSR count). The van der Waals surface area contributed by atoms with Crippen LogP contribution in [-0.2, 0) is 11.3 Å². The number of aromatic nitrogens is 2. The highest BCUT2D eigenvalue weighted by Crippen LogP contribution is 2.20. The van der Waals surface area contributed by atoms with Crippen molar-refractivity contribution in [3.63, 3.8) is 0 Å². The minimum atomic E-state index is -0.147. The van der Waals surface area contributed by atoms with Gasteiger partial charge in [-0.05, 0) is 49.6 Å². The highest BCUT2D eigenvalue weighted by atomic mass is 16.2. The summed E-state index contributed by atoms with van der Waals surface area (Å²) >= 11 is 0. The molecule has 1 fully saturated rings. The van der Waals surface area contributed by atoms with Crippen LogP contribution in [0.1, 0.15) is 48.0 Å². The summed E-state index contributed by atoms with van der Waals surface area (Å²) in [5.41, 5.74) is 2.21. The maximum atomic E-state index is 12.4. The number of carbonyl (C=O) groups is 2. The Morgan fingerprint density at radius 2 is 2.04 bits per heavy atom. The highest BCUT2D eigenvalue weighted by molar-refractivity contribution is 5.96. The van der Waals surface area contributed by atoms with Crippen molar-refractivity contribution < 1.29 is 9.59 Å². The number of nitrogens with zero attached hydrogens (tertiary/aromatic N) is 2. The molecule has 2 amide bonds. The molecule has 1 heterocycles. The van der Waals surface area contributed by atoms with Gasteiger partial charge >= 0.3 is 0 Å². The third-order valence-corrected chi connectivity index (χ3v) is 4.57. The first-order valence-electron chi connectivity index (χ1n) is 8.80. The first kappa shape index (κ1) is 17.2. The number of benzene rings is 1. The van der Waals surface area contributed by atoms with Gasteiger partial charge in [0.1, 0.15) is 6.54 Å². The minimum Gasteiger partial charge on any atom is -0.349 e. The smallest absolute Gasteiger partial charge is 0.251 e. The van der Waals surface area contributed by atoms with Gasteiger partial charge in [0.25, 0.3) is 5.91 Å². The first-order chi connectivity index (χ1) is 12.1. The van der Waals surface area contributed by atoms with Crippen molar-refractivity contribution in [2.45, 2.75) is 51.6 Å². The molecule has 25 heavy (non-hydrogen) atoms. The molecule has 6 heteroatoms. The zero-order valence-electron chi connectivity index (χ0n) is 14.5. The SMILES string of the molecule is Cc1cc(C(=O)NC2CCCCC2)ccc1NC(=O)Cn1cccn1. The number of hydrogen-bond acceptors (Lipinski definition) is 3. The van der Waals surface area contributed by atoms with Gasteiger partial charge in [-0.15, -0.1) is 0 Å². The molecule has 1 aromatic carbocycles. The van der Waals surface area contributed by atoms with E-state index in [0.29, 0.717) is 11.3 Å². The second-order valence-corrected chi connectivity index (χ2v) is 6.59. The van der Waals surface area contributed by atoms with E-state index >= 15 is 0 Å². The lowest BCUT2D eigenvalue weighted by Gasteiger charge is -2.23. The van der Waals surface area contributed by atoms with Crippen LogP contribution in [0.3, 0.4) is 0 Å². The molecule has 1 saturated carbocycles. The van der Waals surface area contributed by atoms with E-state index in [2.05, 4.69) is 15.7 Å². The normalized spacial score (nSPS) is 14.9. The Morgan fingerprint density at radius 3 is 2.72 bits per heavy atom. The molecule has 1 aromatic heterocycles. The van der Waals surface area contributed by atoms with Gasteiger partial charge in [0, 0.05) is 29.7 Å². The van der Waals surface area contributed by atoms with Crippen molar-refractivity contribution in [1.82, 2.24) is 15.1 Å². The molecule has 132 valence electrons. The van der Waals surface area contributed by atoms with Gasteiger partial charge in [-0.1, -0.05) is 19.3 Å². The molecular weight excluding hydrogens is 316 g/mol.